The summed E-state index contributed by atoms with van der Waals surface area (Å²) < 4.78 is 36.8. The molecule has 0 saturated carbocycles. The Hall–Kier alpha value is -1.52. The molecule has 0 amide bonds. The van der Waals surface area contributed by atoms with E-state index in [1.165, 1.54) is 12.1 Å². The molecule has 5 heteroatoms. The lowest BCUT2D eigenvalue weighted by molar-refractivity contribution is -0.193. The monoisotopic (exact) mass is 218 g/mol. The molecule has 0 unspecified atom stereocenters. The molecule has 2 nitrogen and oxygen atoms in total. The summed E-state index contributed by atoms with van der Waals surface area (Å²) in [5.41, 5.74) is 0.363. The van der Waals surface area contributed by atoms with Crippen LogP contribution < -0.4 is 0 Å². The van der Waals surface area contributed by atoms with E-state index in [9.17, 15) is 18.0 Å². The second kappa shape index (κ2) is 4.33. The van der Waals surface area contributed by atoms with Crippen LogP contribution in [-0.2, 0) is 11.2 Å². The highest BCUT2D eigenvalue weighted by Gasteiger charge is 2.44. The average Bonchev–Trinajstić information content (AvgIpc) is 2.13. The summed E-state index contributed by atoms with van der Waals surface area (Å²) in [5, 5.41) is 8.45. The first-order valence-electron chi connectivity index (χ1n) is 4.24. The number of carbonyl (C=O) groups is 1. The van der Waals surface area contributed by atoms with Crippen molar-refractivity contribution >= 4 is 5.97 Å². The Bertz CT molecular complexity index is 332. The van der Waals surface area contributed by atoms with Crippen LogP contribution in [0.25, 0.3) is 0 Å². The SMILES string of the molecule is O=C(O)[C@H](Cc1ccccc1)C(F)(F)F. The number of benzene rings is 1. The number of halogens is 3. The van der Waals surface area contributed by atoms with Gasteiger partial charge in [-0.05, 0) is 12.0 Å². The van der Waals surface area contributed by atoms with Gasteiger partial charge in [0.1, 0.15) is 0 Å². The Morgan fingerprint density at radius 1 is 1.27 bits per heavy atom. The molecule has 0 saturated heterocycles. The van der Waals surface area contributed by atoms with Crippen molar-refractivity contribution in [1.82, 2.24) is 0 Å². The van der Waals surface area contributed by atoms with Crippen LogP contribution in [0, 0.1) is 5.92 Å². The lowest BCUT2D eigenvalue weighted by Crippen LogP contribution is -2.32. The van der Waals surface area contributed by atoms with Crippen molar-refractivity contribution in [3.63, 3.8) is 0 Å². The Morgan fingerprint density at radius 2 is 1.80 bits per heavy atom. The van der Waals surface area contributed by atoms with Gasteiger partial charge in [0.15, 0.2) is 5.92 Å². The number of hydrogen-bond donors (Lipinski definition) is 1. The third kappa shape index (κ3) is 3.27. The maximum atomic E-state index is 12.3. The van der Waals surface area contributed by atoms with Gasteiger partial charge < -0.3 is 5.11 Å². The summed E-state index contributed by atoms with van der Waals surface area (Å²) in [5.74, 6) is -4.17. The van der Waals surface area contributed by atoms with Crippen molar-refractivity contribution in [2.45, 2.75) is 12.6 Å². The number of rotatable bonds is 3. The van der Waals surface area contributed by atoms with Crippen molar-refractivity contribution in [1.29, 1.82) is 0 Å². The van der Waals surface area contributed by atoms with Gasteiger partial charge in [-0.25, -0.2) is 0 Å². The van der Waals surface area contributed by atoms with E-state index in [1.807, 2.05) is 0 Å². The number of carboxylic acids is 1. The van der Waals surface area contributed by atoms with Gasteiger partial charge in [0.2, 0.25) is 0 Å². The topological polar surface area (TPSA) is 37.3 Å². The van der Waals surface area contributed by atoms with Crippen LogP contribution in [0.3, 0.4) is 0 Å². The second-order valence-electron chi connectivity index (χ2n) is 3.12. The van der Waals surface area contributed by atoms with Gasteiger partial charge in [-0.3, -0.25) is 4.79 Å². The van der Waals surface area contributed by atoms with E-state index < -0.39 is 24.5 Å². The Morgan fingerprint density at radius 3 is 2.20 bits per heavy atom. The van der Waals surface area contributed by atoms with Crippen molar-refractivity contribution in [3.05, 3.63) is 35.9 Å². The molecule has 0 spiro atoms. The molecule has 0 aromatic heterocycles. The van der Waals surface area contributed by atoms with Crippen LogP contribution in [0.2, 0.25) is 0 Å². The van der Waals surface area contributed by atoms with Gasteiger partial charge in [0.05, 0.1) is 0 Å². The fourth-order valence-corrected chi connectivity index (χ4v) is 1.19. The normalized spacial score (nSPS) is 13.5. The first kappa shape index (κ1) is 11.6. The lowest BCUT2D eigenvalue weighted by Gasteiger charge is -2.15. The summed E-state index contributed by atoms with van der Waals surface area (Å²) in [4.78, 5) is 10.4. The van der Waals surface area contributed by atoms with Crippen LogP contribution >= 0.6 is 0 Å². The second-order valence-corrected chi connectivity index (χ2v) is 3.12. The smallest absolute Gasteiger partial charge is 0.402 e. The molecule has 1 atom stereocenters. The van der Waals surface area contributed by atoms with Gasteiger partial charge in [0.25, 0.3) is 0 Å². The molecule has 0 heterocycles. The largest absolute Gasteiger partial charge is 0.481 e. The van der Waals surface area contributed by atoms with Crippen LogP contribution in [0.4, 0.5) is 13.2 Å². The molecule has 0 aliphatic heterocycles. The van der Waals surface area contributed by atoms with E-state index in [2.05, 4.69) is 0 Å². The van der Waals surface area contributed by atoms with Crippen LogP contribution in [0.15, 0.2) is 30.3 Å². The third-order valence-electron chi connectivity index (χ3n) is 1.98. The number of alkyl halides is 3. The molecule has 0 fully saturated rings. The molecular weight excluding hydrogens is 209 g/mol. The zero-order valence-electron chi connectivity index (χ0n) is 7.66. The van der Waals surface area contributed by atoms with Gasteiger partial charge >= 0.3 is 12.1 Å². The first-order valence-corrected chi connectivity index (χ1v) is 4.24. The molecule has 82 valence electrons. The number of aliphatic carboxylic acids is 1. The predicted molar refractivity (Wildman–Crippen MR) is 47.3 cm³/mol. The van der Waals surface area contributed by atoms with E-state index in [1.54, 1.807) is 18.2 Å². The minimum Gasteiger partial charge on any atom is -0.481 e. The zero-order chi connectivity index (χ0) is 11.5. The van der Waals surface area contributed by atoms with E-state index in [-0.39, 0.29) is 0 Å². The van der Waals surface area contributed by atoms with Crippen LogP contribution in [0.5, 0.6) is 0 Å². The maximum absolute atomic E-state index is 12.3. The number of hydrogen-bond acceptors (Lipinski definition) is 1. The summed E-state index contributed by atoms with van der Waals surface area (Å²) in [7, 11) is 0. The molecule has 1 aromatic rings. The summed E-state index contributed by atoms with van der Waals surface area (Å²) in [6, 6.07) is 7.76. The molecule has 0 radical (unpaired) electrons. The summed E-state index contributed by atoms with van der Waals surface area (Å²) in [6.45, 7) is 0. The minimum absolute atomic E-state index is 0.363. The van der Waals surface area contributed by atoms with Crippen LogP contribution in [-0.4, -0.2) is 17.3 Å². The van der Waals surface area contributed by atoms with Crippen molar-refractivity contribution < 1.29 is 23.1 Å². The van der Waals surface area contributed by atoms with Gasteiger partial charge in [-0.2, -0.15) is 13.2 Å². The fourth-order valence-electron chi connectivity index (χ4n) is 1.19. The highest BCUT2D eigenvalue weighted by Crippen LogP contribution is 2.29. The summed E-state index contributed by atoms with van der Waals surface area (Å²) in [6.07, 6.45) is -5.23. The third-order valence-corrected chi connectivity index (χ3v) is 1.98. The number of carboxylic acid groups (broad SMARTS) is 1. The lowest BCUT2D eigenvalue weighted by atomic mass is 9.99. The maximum Gasteiger partial charge on any atom is 0.402 e. The zero-order valence-corrected chi connectivity index (χ0v) is 7.66. The molecule has 1 aromatic carbocycles. The highest BCUT2D eigenvalue weighted by molar-refractivity contribution is 5.71. The first-order chi connectivity index (χ1) is 6.91. The molecule has 0 bridgehead atoms. The molecular formula is C10H9F3O2. The van der Waals surface area contributed by atoms with Crippen molar-refractivity contribution in [3.8, 4) is 0 Å². The molecule has 0 aliphatic carbocycles. The Labute approximate surface area is 84.3 Å². The molecule has 0 aliphatic rings. The summed E-state index contributed by atoms with van der Waals surface area (Å²) >= 11 is 0. The van der Waals surface area contributed by atoms with Gasteiger partial charge in [-0.1, -0.05) is 30.3 Å². The predicted octanol–water partition coefficient (Wildman–Crippen LogP) is 2.49. The van der Waals surface area contributed by atoms with E-state index >= 15 is 0 Å². The van der Waals surface area contributed by atoms with E-state index in [0.29, 0.717) is 5.56 Å². The quantitative estimate of drug-likeness (QED) is 0.846. The van der Waals surface area contributed by atoms with Crippen molar-refractivity contribution in [2.75, 3.05) is 0 Å². The molecule has 15 heavy (non-hydrogen) atoms. The fraction of sp³-hybridized carbons (Fsp3) is 0.300. The van der Waals surface area contributed by atoms with Crippen LogP contribution in [0.1, 0.15) is 5.56 Å². The van der Waals surface area contributed by atoms with Gasteiger partial charge in [0, 0.05) is 0 Å². The highest BCUT2D eigenvalue weighted by atomic mass is 19.4. The molecule has 1 rings (SSSR count). The average molecular weight is 218 g/mol. The van der Waals surface area contributed by atoms with Crippen molar-refractivity contribution in [2.24, 2.45) is 5.92 Å². The minimum atomic E-state index is -4.71. The van der Waals surface area contributed by atoms with Gasteiger partial charge in [-0.15, -0.1) is 0 Å². The standard InChI is InChI=1S/C10H9F3O2/c11-10(12,13)8(9(14)15)6-7-4-2-1-3-5-7/h1-5,8H,6H2,(H,14,15)/t8-/m0/s1. The Balaban J connectivity index is 2.82. The Kier molecular flexibility index (Phi) is 3.34. The molecule has 1 N–H and O–H groups in total. The van der Waals surface area contributed by atoms with E-state index in [0.717, 1.165) is 0 Å². The van der Waals surface area contributed by atoms with E-state index in [4.69, 9.17) is 5.11 Å².